The van der Waals surface area contributed by atoms with E-state index >= 15 is 0 Å². The molecule has 0 aliphatic carbocycles. The largest absolute Gasteiger partial charge is 0.467 e. The molecule has 3 aromatic rings. The molecule has 0 spiro atoms. The molecular weight excluding hydrogens is 402 g/mol. The summed E-state index contributed by atoms with van der Waals surface area (Å²) >= 11 is 0. The summed E-state index contributed by atoms with van der Waals surface area (Å²) in [5, 5.41) is 2.88. The normalized spacial score (nSPS) is 14.2. The van der Waals surface area contributed by atoms with Gasteiger partial charge in [0.15, 0.2) is 0 Å². The van der Waals surface area contributed by atoms with Crippen LogP contribution in [-0.2, 0) is 17.9 Å². The lowest BCUT2D eigenvalue weighted by Crippen LogP contribution is -2.47. The Morgan fingerprint density at radius 1 is 1.00 bits per heavy atom. The van der Waals surface area contributed by atoms with Gasteiger partial charge in [-0.25, -0.2) is 4.79 Å². The highest BCUT2D eigenvalue weighted by molar-refractivity contribution is 5.95. The number of amides is 3. The van der Waals surface area contributed by atoms with E-state index in [4.69, 9.17) is 4.42 Å². The maximum absolute atomic E-state index is 13.5. The van der Waals surface area contributed by atoms with E-state index < -0.39 is 0 Å². The van der Waals surface area contributed by atoms with Crippen LogP contribution in [0.1, 0.15) is 29.7 Å². The molecule has 0 saturated carbocycles. The average molecular weight is 432 g/mol. The fourth-order valence-corrected chi connectivity index (χ4v) is 4.02. The molecular formula is C26H29N3O3. The monoisotopic (exact) mass is 431 g/mol. The first-order valence-electron chi connectivity index (χ1n) is 11.1. The molecule has 1 fully saturated rings. The van der Waals surface area contributed by atoms with Crippen LogP contribution in [0.4, 0.5) is 10.5 Å². The van der Waals surface area contributed by atoms with Crippen molar-refractivity contribution in [3.8, 4) is 0 Å². The number of piperidine rings is 1. The maximum atomic E-state index is 13.5. The maximum Gasteiger partial charge on any atom is 0.317 e. The lowest BCUT2D eigenvalue weighted by molar-refractivity contribution is -0.123. The Balaban J connectivity index is 1.39. The van der Waals surface area contributed by atoms with E-state index in [1.54, 1.807) is 17.2 Å². The Morgan fingerprint density at radius 2 is 1.72 bits per heavy atom. The molecule has 0 atom stereocenters. The summed E-state index contributed by atoms with van der Waals surface area (Å²) in [5.41, 5.74) is 3.16. The number of carbonyl (C=O) groups is 2. The second kappa shape index (κ2) is 10.2. The smallest absolute Gasteiger partial charge is 0.317 e. The van der Waals surface area contributed by atoms with Crippen LogP contribution in [0, 0.1) is 12.8 Å². The van der Waals surface area contributed by atoms with E-state index in [2.05, 4.69) is 5.32 Å². The third-order valence-corrected chi connectivity index (χ3v) is 5.92. The van der Waals surface area contributed by atoms with Crippen LogP contribution in [0.25, 0.3) is 0 Å². The number of furan rings is 1. The van der Waals surface area contributed by atoms with E-state index in [9.17, 15) is 9.59 Å². The Hall–Kier alpha value is -3.54. The lowest BCUT2D eigenvalue weighted by atomic mass is 9.94. The van der Waals surface area contributed by atoms with Gasteiger partial charge >= 0.3 is 6.03 Å². The summed E-state index contributed by atoms with van der Waals surface area (Å²) in [6.07, 6.45) is 2.90. The third-order valence-electron chi connectivity index (χ3n) is 5.92. The van der Waals surface area contributed by atoms with Gasteiger partial charge in [0.05, 0.1) is 19.4 Å². The number of rotatable bonds is 6. The van der Waals surface area contributed by atoms with Crippen molar-refractivity contribution in [2.75, 3.05) is 18.0 Å². The minimum absolute atomic E-state index is 0.103. The molecule has 1 aromatic heterocycles. The zero-order valence-electron chi connectivity index (χ0n) is 18.4. The lowest BCUT2D eigenvalue weighted by Gasteiger charge is -2.34. The van der Waals surface area contributed by atoms with Crippen molar-refractivity contribution in [3.63, 3.8) is 0 Å². The van der Waals surface area contributed by atoms with Gasteiger partial charge in [0.1, 0.15) is 5.76 Å². The average Bonchev–Trinajstić information content (AvgIpc) is 3.36. The van der Waals surface area contributed by atoms with Gasteiger partial charge in [-0.3, -0.25) is 4.79 Å². The fourth-order valence-electron chi connectivity index (χ4n) is 4.02. The first-order chi connectivity index (χ1) is 15.6. The topological polar surface area (TPSA) is 65.8 Å². The molecule has 32 heavy (non-hydrogen) atoms. The summed E-state index contributed by atoms with van der Waals surface area (Å²) < 4.78 is 5.26. The molecule has 166 valence electrons. The Kier molecular flexibility index (Phi) is 6.90. The highest BCUT2D eigenvalue weighted by Crippen LogP contribution is 2.26. The van der Waals surface area contributed by atoms with Crippen LogP contribution in [-0.4, -0.2) is 29.9 Å². The molecule has 0 unspecified atom stereocenters. The Labute approximate surface area is 188 Å². The zero-order chi connectivity index (χ0) is 22.3. The molecule has 6 heteroatoms. The van der Waals surface area contributed by atoms with Gasteiger partial charge in [-0.2, -0.15) is 0 Å². The van der Waals surface area contributed by atoms with Crippen molar-refractivity contribution in [2.45, 2.75) is 32.9 Å². The minimum Gasteiger partial charge on any atom is -0.467 e. The molecule has 2 aromatic carbocycles. The number of anilines is 1. The van der Waals surface area contributed by atoms with Crippen molar-refractivity contribution >= 4 is 17.6 Å². The zero-order valence-corrected chi connectivity index (χ0v) is 18.4. The number of hydrogen-bond donors (Lipinski definition) is 1. The van der Waals surface area contributed by atoms with Gasteiger partial charge in [0.2, 0.25) is 5.91 Å². The molecule has 1 aliphatic heterocycles. The molecule has 1 saturated heterocycles. The molecule has 0 radical (unpaired) electrons. The molecule has 1 aliphatic rings. The predicted octanol–water partition coefficient (Wildman–Crippen LogP) is 4.74. The van der Waals surface area contributed by atoms with E-state index in [0.29, 0.717) is 39.0 Å². The molecule has 6 nitrogen and oxygen atoms in total. The number of nitrogens with zero attached hydrogens (tertiary/aromatic N) is 2. The van der Waals surface area contributed by atoms with Crippen LogP contribution in [0.15, 0.2) is 77.4 Å². The van der Waals surface area contributed by atoms with Crippen LogP contribution in [0.3, 0.4) is 0 Å². The van der Waals surface area contributed by atoms with E-state index in [1.165, 1.54) is 0 Å². The number of nitrogens with one attached hydrogen (secondary N) is 1. The summed E-state index contributed by atoms with van der Waals surface area (Å²) in [5.74, 6) is 0.737. The van der Waals surface area contributed by atoms with E-state index in [1.807, 2.05) is 72.5 Å². The molecule has 2 heterocycles. The molecule has 3 amide bonds. The van der Waals surface area contributed by atoms with Gasteiger partial charge < -0.3 is 19.5 Å². The Morgan fingerprint density at radius 3 is 2.38 bits per heavy atom. The third kappa shape index (κ3) is 5.38. The van der Waals surface area contributed by atoms with E-state index in [-0.39, 0.29) is 17.9 Å². The summed E-state index contributed by atoms with van der Waals surface area (Å²) in [6.45, 7) is 4.07. The van der Waals surface area contributed by atoms with Crippen molar-refractivity contribution in [3.05, 3.63) is 89.9 Å². The van der Waals surface area contributed by atoms with Crippen molar-refractivity contribution in [1.82, 2.24) is 10.2 Å². The van der Waals surface area contributed by atoms with Gasteiger partial charge in [0, 0.05) is 24.7 Å². The molecule has 4 rings (SSSR count). The number of benzene rings is 2. The SMILES string of the molecule is Cc1ccc(N(Cc2ccccc2)C(=O)C2CCN(C(=O)NCc3ccco3)CC2)cc1. The van der Waals surface area contributed by atoms with Gasteiger partial charge in [-0.05, 0) is 49.6 Å². The summed E-state index contributed by atoms with van der Waals surface area (Å²) in [4.78, 5) is 29.7. The first kappa shape index (κ1) is 21.7. The second-order valence-corrected chi connectivity index (χ2v) is 8.24. The fraction of sp³-hybridized carbons (Fsp3) is 0.308. The number of likely N-dealkylation sites (tertiary alicyclic amines) is 1. The van der Waals surface area contributed by atoms with Gasteiger partial charge in [0.25, 0.3) is 0 Å². The summed E-state index contributed by atoms with van der Waals surface area (Å²) in [6, 6.07) is 21.6. The second-order valence-electron chi connectivity index (χ2n) is 8.24. The van der Waals surface area contributed by atoms with Gasteiger partial charge in [-0.1, -0.05) is 48.0 Å². The number of hydrogen-bond acceptors (Lipinski definition) is 3. The standard InChI is InChI=1S/C26H29N3O3/c1-20-9-11-23(12-10-20)29(19-21-6-3-2-4-7-21)25(30)22-13-15-28(16-14-22)26(31)27-18-24-8-5-17-32-24/h2-12,17,22H,13-16,18-19H2,1H3,(H,27,31). The van der Waals surface area contributed by atoms with Crippen LogP contribution < -0.4 is 10.2 Å². The van der Waals surface area contributed by atoms with Gasteiger partial charge in [-0.15, -0.1) is 0 Å². The highest BCUT2D eigenvalue weighted by Gasteiger charge is 2.31. The van der Waals surface area contributed by atoms with Crippen LogP contribution in [0.5, 0.6) is 0 Å². The first-order valence-corrected chi connectivity index (χ1v) is 11.1. The van der Waals surface area contributed by atoms with Crippen LogP contribution in [0.2, 0.25) is 0 Å². The predicted molar refractivity (Wildman–Crippen MR) is 124 cm³/mol. The quantitative estimate of drug-likeness (QED) is 0.613. The molecule has 1 N–H and O–H groups in total. The number of aryl methyl sites for hydroxylation is 1. The highest BCUT2D eigenvalue weighted by atomic mass is 16.3. The van der Waals surface area contributed by atoms with Crippen molar-refractivity contribution in [2.24, 2.45) is 5.92 Å². The Bertz CT molecular complexity index is 1010. The number of carbonyl (C=O) groups excluding carboxylic acids is 2. The van der Waals surface area contributed by atoms with Crippen molar-refractivity contribution in [1.29, 1.82) is 0 Å². The molecule has 0 bridgehead atoms. The van der Waals surface area contributed by atoms with E-state index in [0.717, 1.165) is 22.6 Å². The van der Waals surface area contributed by atoms with Crippen LogP contribution >= 0.6 is 0 Å². The number of urea groups is 1. The minimum atomic E-state index is -0.119. The summed E-state index contributed by atoms with van der Waals surface area (Å²) in [7, 11) is 0. The van der Waals surface area contributed by atoms with Crippen molar-refractivity contribution < 1.29 is 14.0 Å².